The average molecular weight is 418 g/mol. The number of hydrogen-bond donors (Lipinski definition) is 2. The fourth-order valence-electron chi connectivity index (χ4n) is 2.78. The van der Waals surface area contributed by atoms with Crippen LogP contribution in [0.4, 0.5) is 18.2 Å². The summed E-state index contributed by atoms with van der Waals surface area (Å²) in [5, 5.41) is 5.72. The molecule has 3 rings (SSSR count). The number of nitrogens with one attached hydrogen (secondary N) is 2. The van der Waals surface area contributed by atoms with Gasteiger partial charge in [-0.15, -0.1) is 11.3 Å². The van der Waals surface area contributed by atoms with E-state index in [2.05, 4.69) is 10.6 Å². The highest BCUT2D eigenvalue weighted by Gasteiger charge is 2.19. The Morgan fingerprint density at radius 2 is 1.69 bits per heavy atom. The first-order valence-corrected chi connectivity index (χ1v) is 9.49. The lowest BCUT2D eigenvalue weighted by Crippen LogP contribution is -2.27. The second-order valence-electron chi connectivity index (χ2n) is 6.45. The predicted octanol–water partition coefficient (Wildman–Crippen LogP) is 5.22. The maximum atomic E-state index is 13.9. The molecule has 0 bridgehead atoms. The lowest BCUT2D eigenvalue weighted by atomic mass is 10.1. The van der Waals surface area contributed by atoms with E-state index in [0.717, 1.165) is 29.5 Å². The quantitative estimate of drug-likeness (QED) is 0.597. The van der Waals surface area contributed by atoms with Gasteiger partial charge in [-0.1, -0.05) is 12.1 Å². The van der Waals surface area contributed by atoms with Gasteiger partial charge in [-0.25, -0.2) is 13.2 Å². The number of rotatable bonds is 5. The largest absolute Gasteiger partial charge is 0.345 e. The average Bonchev–Trinajstić information content (AvgIpc) is 3.01. The Bertz CT molecular complexity index is 1080. The van der Waals surface area contributed by atoms with Crippen LogP contribution in [-0.2, 0) is 0 Å². The molecule has 2 N–H and O–H groups in total. The van der Waals surface area contributed by atoms with Crippen molar-refractivity contribution in [1.29, 1.82) is 0 Å². The van der Waals surface area contributed by atoms with Gasteiger partial charge in [-0.05, 0) is 49.7 Å². The summed E-state index contributed by atoms with van der Waals surface area (Å²) in [5.74, 6) is -2.92. The monoisotopic (exact) mass is 418 g/mol. The van der Waals surface area contributed by atoms with Crippen LogP contribution in [0.25, 0.3) is 0 Å². The predicted molar refractivity (Wildman–Crippen MR) is 106 cm³/mol. The zero-order valence-electron chi connectivity index (χ0n) is 15.6. The topological polar surface area (TPSA) is 58.2 Å². The molecule has 1 heterocycles. The summed E-state index contributed by atoms with van der Waals surface area (Å²) < 4.78 is 40.2. The maximum absolute atomic E-state index is 13.9. The molecule has 0 saturated carbocycles. The van der Waals surface area contributed by atoms with Crippen LogP contribution < -0.4 is 10.6 Å². The third-order valence-corrected chi connectivity index (χ3v) is 5.38. The van der Waals surface area contributed by atoms with Crippen molar-refractivity contribution in [3.8, 4) is 0 Å². The Labute approximate surface area is 169 Å². The summed E-state index contributed by atoms with van der Waals surface area (Å²) in [5.41, 5.74) is 0.935. The first kappa shape index (κ1) is 20.6. The minimum Gasteiger partial charge on any atom is -0.345 e. The SMILES string of the molecule is Cc1cc(NC(=O)c2cccc(F)c2)sc1C(=O)NC(C)c1ccc(F)cc1F. The van der Waals surface area contributed by atoms with Crippen molar-refractivity contribution >= 4 is 28.2 Å². The first-order valence-electron chi connectivity index (χ1n) is 8.67. The number of anilines is 1. The van der Waals surface area contributed by atoms with Crippen LogP contribution in [0.2, 0.25) is 0 Å². The zero-order valence-corrected chi connectivity index (χ0v) is 16.4. The van der Waals surface area contributed by atoms with Crippen molar-refractivity contribution in [2.75, 3.05) is 5.32 Å². The summed E-state index contributed by atoms with van der Waals surface area (Å²) in [4.78, 5) is 25.2. The Kier molecular flexibility index (Phi) is 6.03. The molecule has 0 radical (unpaired) electrons. The fourth-order valence-corrected chi connectivity index (χ4v) is 3.75. The summed E-state index contributed by atoms with van der Waals surface area (Å²) in [6, 6.07) is 9.36. The van der Waals surface area contributed by atoms with Crippen LogP contribution in [0.15, 0.2) is 48.5 Å². The molecule has 1 atom stereocenters. The Hall–Kier alpha value is -3.13. The number of amides is 2. The summed E-state index contributed by atoms with van der Waals surface area (Å²) in [7, 11) is 0. The molecule has 0 saturated heterocycles. The third kappa shape index (κ3) is 4.83. The molecule has 0 aliphatic rings. The number of hydrogen-bond acceptors (Lipinski definition) is 3. The normalized spacial score (nSPS) is 11.8. The molecule has 1 unspecified atom stereocenters. The molecule has 0 fully saturated rings. The molecule has 150 valence electrons. The van der Waals surface area contributed by atoms with Crippen LogP contribution in [0, 0.1) is 24.4 Å². The van der Waals surface area contributed by atoms with Crippen molar-refractivity contribution in [2.24, 2.45) is 0 Å². The Morgan fingerprint density at radius 3 is 2.38 bits per heavy atom. The summed E-state index contributed by atoms with van der Waals surface area (Å²) in [6.07, 6.45) is 0. The van der Waals surface area contributed by atoms with Gasteiger partial charge in [0.2, 0.25) is 0 Å². The molecule has 0 aliphatic heterocycles. The number of aryl methyl sites for hydroxylation is 1. The van der Waals surface area contributed by atoms with Gasteiger partial charge in [0.1, 0.15) is 17.5 Å². The number of benzene rings is 2. The molecule has 0 spiro atoms. The highest BCUT2D eigenvalue weighted by atomic mass is 32.1. The molecule has 3 aromatic rings. The fraction of sp³-hybridized carbons (Fsp3) is 0.143. The first-order chi connectivity index (χ1) is 13.7. The van der Waals surface area contributed by atoms with E-state index < -0.39 is 35.3 Å². The van der Waals surface area contributed by atoms with Gasteiger partial charge in [0, 0.05) is 17.2 Å². The van der Waals surface area contributed by atoms with Crippen LogP contribution in [0.1, 0.15) is 44.1 Å². The molecule has 1 aromatic heterocycles. The molecule has 8 heteroatoms. The van der Waals surface area contributed by atoms with Crippen molar-refractivity contribution in [3.05, 3.63) is 87.6 Å². The number of carbonyl (C=O) groups excluding carboxylic acids is 2. The van der Waals surface area contributed by atoms with Gasteiger partial charge < -0.3 is 10.6 Å². The van der Waals surface area contributed by atoms with E-state index in [4.69, 9.17) is 0 Å². The molecule has 29 heavy (non-hydrogen) atoms. The number of carbonyl (C=O) groups is 2. The van der Waals surface area contributed by atoms with Gasteiger partial charge in [0.25, 0.3) is 11.8 Å². The van der Waals surface area contributed by atoms with E-state index in [9.17, 15) is 22.8 Å². The summed E-state index contributed by atoms with van der Waals surface area (Å²) in [6.45, 7) is 3.29. The molecule has 2 amide bonds. The van der Waals surface area contributed by atoms with Crippen LogP contribution in [0.5, 0.6) is 0 Å². The van der Waals surface area contributed by atoms with Crippen molar-refractivity contribution < 1.29 is 22.8 Å². The molecule has 0 aliphatic carbocycles. The Morgan fingerprint density at radius 1 is 0.966 bits per heavy atom. The molecular weight excluding hydrogens is 401 g/mol. The van der Waals surface area contributed by atoms with Gasteiger partial charge in [-0.3, -0.25) is 9.59 Å². The van der Waals surface area contributed by atoms with Crippen LogP contribution in [0.3, 0.4) is 0 Å². The van der Waals surface area contributed by atoms with Gasteiger partial charge in [0.05, 0.1) is 15.9 Å². The lowest BCUT2D eigenvalue weighted by Gasteiger charge is -2.15. The minimum atomic E-state index is -0.747. The van der Waals surface area contributed by atoms with E-state index in [1.54, 1.807) is 19.9 Å². The van der Waals surface area contributed by atoms with Gasteiger partial charge in [-0.2, -0.15) is 0 Å². The molecular formula is C21H17F3N2O2S. The van der Waals surface area contributed by atoms with E-state index in [0.29, 0.717) is 15.4 Å². The molecule has 4 nitrogen and oxygen atoms in total. The van der Waals surface area contributed by atoms with Gasteiger partial charge >= 0.3 is 0 Å². The third-order valence-electron chi connectivity index (χ3n) is 4.22. The Balaban J connectivity index is 1.72. The van der Waals surface area contributed by atoms with Crippen molar-refractivity contribution in [1.82, 2.24) is 5.32 Å². The van der Waals surface area contributed by atoms with E-state index in [1.807, 2.05) is 0 Å². The van der Waals surface area contributed by atoms with E-state index in [-0.39, 0.29) is 11.1 Å². The number of thiophene rings is 1. The second kappa shape index (κ2) is 8.48. The van der Waals surface area contributed by atoms with E-state index in [1.165, 1.54) is 24.3 Å². The van der Waals surface area contributed by atoms with Crippen molar-refractivity contribution in [3.63, 3.8) is 0 Å². The summed E-state index contributed by atoms with van der Waals surface area (Å²) >= 11 is 1.05. The van der Waals surface area contributed by atoms with E-state index >= 15 is 0 Å². The van der Waals surface area contributed by atoms with Gasteiger partial charge in [0.15, 0.2) is 0 Å². The van der Waals surface area contributed by atoms with Crippen LogP contribution in [-0.4, -0.2) is 11.8 Å². The van der Waals surface area contributed by atoms with Crippen LogP contribution >= 0.6 is 11.3 Å². The molecule has 2 aromatic carbocycles. The number of halogens is 3. The second-order valence-corrected chi connectivity index (χ2v) is 7.50. The minimum absolute atomic E-state index is 0.155. The highest BCUT2D eigenvalue weighted by Crippen LogP contribution is 2.28. The smallest absolute Gasteiger partial charge is 0.262 e. The maximum Gasteiger partial charge on any atom is 0.262 e. The lowest BCUT2D eigenvalue weighted by molar-refractivity contribution is 0.0942. The zero-order chi connectivity index (χ0) is 21.1. The highest BCUT2D eigenvalue weighted by molar-refractivity contribution is 7.18. The standard InChI is InChI=1S/C21H17F3N2O2S/c1-11-8-18(26-20(27)13-4-3-5-14(22)9-13)29-19(11)21(28)25-12(2)16-7-6-15(23)10-17(16)24/h3-10,12H,1-2H3,(H,25,28)(H,26,27). The van der Waals surface area contributed by atoms with Crippen molar-refractivity contribution in [2.45, 2.75) is 19.9 Å².